The van der Waals surface area contributed by atoms with Crippen molar-refractivity contribution >= 4 is 0 Å². The third-order valence-corrected chi connectivity index (χ3v) is 4.58. The summed E-state index contributed by atoms with van der Waals surface area (Å²) in [7, 11) is 0. The number of aliphatic hydroxyl groups is 1. The van der Waals surface area contributed by atoms with Gasteiger partial charge in [-0.05, 0) is 65.0 Å². The van der Waals surface area contributed by atoms with Crippen molar-refractivity contribution in [1.29, 1.82) is 0 Å². The summed E-state index contributed by atoms with van der Waals surface area (Å²) in [4.78, 5) is 2.56. The molecule has 1 N–H and O–H groups in total. The molecule has 94 valence electrons. The molecule has 0 amide bonds. The Kier molecular flexibility index (Phi) is 3.91. The maximum absolute atomic E-state index is 10.4. The van der Waals surface area contributed by atoms with E-state index in [2.05, 4.69) is 18.7 Å². The van der Waals surface area contributed by atoms with E-state index in [1.54, 1.807) is 0 Å². The highest BCUT2D eigenvalue weighted by molar-refractivity contribution is 4.88. The van der Waals surface area contributed by atoms with Crippen LogP contribution in [0, 0.1) is 5.92 Å². The quantitative estimate of drug-likeness (QED) is 0.798. The number of rotatable bonds is 3. The molecule has 0 aromatic carbocycles. The van der Waals surface area contributed by atoms with Crippen molar-refractivity contribution in [3.8, 4) is 0 Å². The zero-order valence-corrected chi connectivity index (χ0v) is 10.9. The van der Waals surface area contributed by atoms with E-state index < -0.39 is 0 Å². The van der Waals surface area contributed by atoms with Gasteiger partial charge in [-0.25, -0.2) is 0 Å². The van der Waals surface area contributed by atoms with Crippen LogP contribution in [-0.4, -0.2) is 34.7 Å². The van der Waals surface area contributed by atoms with E-state index in [1.165, 1.54) is 38.8 Å². The molecule has 1 aliphatic heterocycles. The molecule has 2 fully saturated rings. The van der Waals surface area contributed by atoms with E-state index in [0.717, 1.165) is 25.2 Å². The van der Waals surface area contributed by atoms with E-state index in [1.807, 2.05) is 0 Å². The first-order valence-corrected chi connectivity index (χ1v) is 7.05. The van der Waals surface area contributed by atoms with Crippen molar-refractivity contribution in [2.24, 2.45) is 5.92 Å². The number of piperidine rings is 1. The minimum atomic E-state index is -0.287. The molecule has 0 bridgehead atoms. The molecule has 0 spiro atoms. The van der Waals surface area contributed by atoms with Crippen molar-refractivity contribution < 1.29 is 5.11 Å². The number of hydrogen-bond donors (Lipinski definition) is 1. The summed E-state index contributed by atoms with van der Waals surface area (Å²) in [5.41, 5.74) is -0.287. The molecule has 1 heterocycles. The first-order chi connectivity index (χ1) is 7.59. The molecule has 1 saturated heterocycles. The first kappa shape index (κ1) is 12.4. The second kappa shape index (κ2) is 5.05. The maximum Gasteiger partial charge on any atom is 0.0650 e. The highest BCUT2D eigenvalue weighted by Crippen LogP contribution is 2.37. The molecule has 0 radical (unpaired) electrons. The third kappa shape index (κ3) is 2.98. The fourth-order valence-electron chi connectivity index (χ4n) is 3.45. The smallest absolute Gasteiger partial charge is 0.0650 e. The Labute approximate surface area is 100 Å². The lowest BCUT2D eigenvalue weighted by Gasteiger charge is -2.37. The van der Waals surface area contributed by atoms with Gasteiger partial charge in [0.1, 0.15) is 0 Å². The van der Waals surface area contributed by atoms with Gasteiger partial charge in [0, 0.05) is 6.04 Å². The summed E-state index contributed by atoms with van der Waals surface area (Å²) in [5.74, 6) is 0.776. The summed E-state index contributed by atoms with van der Waals surface area (Å²) in [6.07, 6.45) is 8.23. The van der Waals surface area contributed by atoms with Gasteiger partial charge in [0.2, 0.25) is 0 Å². The van der Waals surface area contributed by atoms with Gasteiger partial charge in [-0.2, -0.15) is 0 Å². The fraction of sp³-hybridized carbons (Fsp3) is 1.00. The number of hydrogen-bond acceptors (Lipinski definition) is 2. The molecule has 0 aromatic heterocycles. The van der Waals surface area contributed by atoms with Gasteiger partial charge in [0.05, 0.1) is 5.60 Å². The van der Waals surface area contributed by atoms with Crippen molar-refractivity contribution in [1.82, 2.24) is 4.90 Å². The molecule has 2 rings (SSSR count). The molecule has 1 saturated carbocycles. The van der Waals surface area contributed by atoms with Gasteiger partial charge in [-0.15, -0.1) is 0 Å². The lowest BCUT2D eigenvalue weighted by Crippen LogP contribution is -2.40. The SMILES string of the molecule is CC(C)N1CCC(CC2(O)CCCC2)CC1. The van der Waals surface area contributed by atoms with Crippen molar-refractivity contribution in [3.05, 3.63) is 0 Å². The minimum Gasteiger partial charge on any atom is -0.390 e. The Morgan fingerprint density at radius 2 is 1.75 bits per heavy atom. The summed E-state index contributed by atoms with van der Waals surface area (Å²) < 4.78 is 0. The predicted octanol–water partition coefficient (Wildman–Crippen LogP) is 2.80. The number of likely N-dealkylation sites (tertiary alicyclic amines) is 1. The Bertz CT molecular complexity index is 213. The third-order valence-electron chi connectivity index (χ3n) is 4.58. The van der Waals surface area contributed by atoms with Crippen LogP contribution < -0.4 is 0 Å². The highest BCUT2D eigenvalue weighted by atomic mass is 16.3. The van der Waals surface area contributed by atoms with E-state index in [-0.39, 0.29) is 5.60 Å². The van der Waals surface area contributed by atoms with Crippen LogP contribution in [0.5, 0.6) is 0 Å². The van der Waals surface area contributed by atoms with Gasteiger partial charge < -0.3 is 10.0 Å². The standard InChI is InChI=1S/C14H27NO/c1-12(2)15-9-5-13(6-10-15)11-14(16)7-3-4-8-14/h12-13,16H,3-11H2,1-2H3. The second-order valence-corrected chi connectivity index (χ2v) is 6.21. The van der Waals surface area contributed by atoms with Crippen molar-refractivity contribution in [2.75, 3.05) is 13.1 Å². The van der Waals surface area contributed by atoms with Gasteiger partial charge in [-0.1, -0.05) is 12.8 Å². The molecular weight excluding hydrogens is 198 g/mol. The molecule has 0 unspecified atom stereocenters. The van der Waals surface area contributed by atoms with Crippen molar-refractivity contribution in [3.63, 3.8) is 0 Å². The molecule has 2 heteroatoms. The topological polar surface area (TPSA) is 23.5 Å². The van der Waals surface area contributed by atoms with Crippen LogP contribution >= 0.6 is 0 Å². The van der Waals surface area contributed by atoms with Crippen LogP contribution in [0.4, 0.5) is 0 Å². The molecule has 2 aliphatic rings. The summed E-state index contributed by atoms with van der Waals surface area (Å²) >= 11 is 0. The zero-order chi connectivity index (χ0) is 11.6. The van der Waals surface area contributed by atoms with Crippen LogP contribution in [0.1, 0.15) is 58.8 Å². The Hall–Kier alpha value is -0.0800. The van der Waals surface area contributed by atoms with Crippen LogP contribution in [0.2, 0.25) is 0 Å². The molecule has 1 aliphatic carbocycles. The Morgan fingerprint density at radius 3 is 2.25 bits per heavy atom. The highest BCUT2D eigenvalue weighted by Gasteiger charge is 2.34. The minimum absolute atomic E-state index is 0.287. The maximum atomic E-state index is 10.4. The normalized spacial score (nSPS) is 27.8. The van der Waals surface area contributed by atoms with E-state index in [4.69, 9.17) is 0 Å². The molecule has 16 heavy (non-hydrogen) atoms. The van der Waals surface area contributed by atoms with Crippen LogP contribution in [0.3, 0.4) is 0 Å². The zero-order valence-electron chi connectivity index (χ0n) is 10.9. The lowest BCUT2D eigenvalue weighted by molar-refractivity contribution is 0.00875. The monoisotopic (exact) mass is 225 g/mol. The van der Waals surface area contributed by atoms with Crippen LogP contribution in [-0.2, 0) is 0 Å². The Balaban J connectivity index is 1.76. The van der Waals surface area contributed by atoms with Gasteiger partial charge in [-0.3, -0.25) is 0 Å². The van der Waals surface area contributed by atoms with Crippen LogP contribution in [0.25, 0.3) is 0 Å². The largest absolute Gasteiger partial charge is 0.390 e. The van der Waals surface area contributed by atoms with Gasteiger partial charge in [0.15, 0.2) is 0 Å². The summed E-state index contributed by atoms with van der Waals surface area (Å²) in [6.45, 7) is 7.03. The average molecular weight is 225 g/mol. The van der Waals surface area contributed by atoms with Crippen molar-refractivity contribution in [2.45, 2.75) is 70.4 Å². The van der Waals surface area contributed by atoms with Crippen LogP contribution in [0.15, 0.2) is 0 Å². The molecule has 2 nitrogen and oxygen atoms in total. The average Bonchev–Trinajstić information content (AvgIpc) is 2.65. The number of nitrogens with zero attached hydrogens (tertiary/aromatic N) is 1. The van der Waals surface area contributed by atoms with Gasteiger partial charge in [0.25, 0.3) is 0 Å². The predicted molar refractivity (Wildman–Crippen MR) is 67.5 cm³/mol. The molecule has 0 aromatic rings. The Morgan fingerprint density at radius 1 is 1.19 bits per heavy atom. The summed E-state index contributed by atoms with van der Waals surface area (Å²) in [6, 6.07) is 0.690. The second-order valence-electron chi connectivity index (χ2n) is 6.21. The summed E-state index contributed by atoms with van der Waals surface area (Å²) in [5, 5.41) is 10.4. The first-order valence-electron chi connectivity index (χ1n) is 7.05. The fourth-order valence-corrected chi connectivity index (χ4v) is 3.45. The lowest BCUT2D eigenvalue weighted by atomic mass is 9.83. The van der Waals surface area contributed by atoms with E-state index in [0.29, 0.717) is 6.04 Å². The molecular formula is C14H27NO. The van der Waals surface area contributed by atoms with E-state index in [9.17, 15) is 5.11 Å². The molecule has 0 atom stereocenters. The van der Waals surface area contributed by atoms with E-state index >= 15 is 0 Å². The van der Waals surface area contributed by atoms with Gasteiger partial charge >= 0.3 is 0 Å².